The minimum absolute atomic E-state index is 0.264. The summed E-state index contributed by atoms with van der Waals surface area (Å²) in [4.78, 5) is 12.3. The minimum atomic E-state index is -0.264. The van der Waals surface area contributed by atoms with Gasteiger partial charge in [0.2, 0.25) is 0 Å². The Kier molecular flexibility index (Phi) is 4.91. The Balaban J connectivity index is 2.32. The monoisotopic (exact) mass is 372 g/mol. The summed E-state index contributed by atoms with van der Waals surface area (Å²) >= 11 is 15.2. The van der Waals surface area contributed by atoms with Crippen LogP contribution in [0.25, 0.3) is 0 Å². The first-order valence-electron chi connectivity index (χ1n) is 5.75. The van der Waals surface area contributed by atoms with E-state index in [1.807, 2.05) is 0 Å². The highest BCUT2D eigenvalue weighted by molar-refractivity contribution is 9.10. The lowest BCUT2D eigenvalue weighted by molar-refractivity contribution is 0.102. The van der Waals surface area contributed by atoms with E-state index in [0.29, 0.717) is 27.0 Å². The number of carbonyl (C=O) groups is 1. The van der Waals surface area contributed by atoms with Crippen molar-refractivity contribution in [1.82, 2.24) is 0 Å². The van der Waals surface area contributed by atoms with Crippen LogP contribution in [0.5, 0.6) is 0 Å². The molecule has 0 aliphatic carbocycles. The number of hydrogen-bond acceptors (Lipinski definition) is 2. The molecule has 0 saturated carbocycles. The molecule has 0 spiro atoms. The summed E-state index contributed by atoms with van der Waals surface area (Å²) in [7, 11) is 1.75. The first-order chi connectivity index (χ1) is 9.51. The number of nitrogens with one attached hydrogen (secondary N) is 2. The number of carbonyl (C=O) groups excluding carboxylic acids is 1. The van der Waals surface area contributed by atoms with Gasteiger partial charge in [0, 0.05) is 27.3 Å². The molecule has 1 amide bonds. The second-order valence-electron chi connectivity index (χ2n) is 4.02. The van der Waals surface area contributed by atoms with Crippen molar-refractivity contribution in [1.29, 1.82) is 0 Å². The molecule has 0 atom stereocenters. The van der Waals surface area contributed by atoms with Gasteiger partial charge in [-0.05, 0) is 52.3 Å². The third-order valence-electron chi connectivity index (χ3n) is 2.67. The topological polar surface area (TPSA) is 41.1 Å². The van der Waals surface area contributed by atoms with Gasteiger partial charge in [-0.25, -0.2) is 0 Å². The van der Waals surface area contributed by atoms with Gasteiger partial charge >= 0.3 is 0 Å². The Bertz CT molecular complexity index is 662. The van der Waals surface area contributed by atoms with Crippen molar-refractivity contribution < 1.29 is 4.79 Å². The van der Waals surface area contributed by atoms with Crippen LogP contribution in [0, 0.1) is 0 Å². The van der Waals surface area contributed by atoms with E-state index >= 15 is 0 Å². The van der Waals surface area contributed by atoms with Crippen LogP contribution < -0.4 is 10.6 Å². The largest absolute Gasteiger partial charge is 0.387 e. The fraction of sp³-hybridized carbons (Fsp3) is 0.0714. The standard InChI is InChI=1S/C14H11BrCl2N2O/c1-18-12-5-3-8(16)6-10(12)14(20)19-13-7-9(17)2-4-11(13)15/h2-7,18H,1H3,(H,19,20). The highest BCUT2D eigenvalue weighted by Crippen LogP contribution is 2.28. The van der Waals surface area contributed by atoms with E-state index in [0.717, 1.165) is 4.47 Å². The summed E-state index contributed by atoms with van der Waals surface area (Å²) in [5.41, 5.74) is 1.77. The Morgan fingerprint density at radius 2 is 1.70 bits per heavy atom. The van der Waals surface area contributed by atoms with Crippen molar-refractivity contribution in [3.8, 4) is 0 Å². The molecule has 0 aliphatic heterocycles. The SMILES string of the molecule is CNc1ccc(Cl)cc1C(=O)Nc1cc(Cl)ccc1Br. The summed E-state index contributed by atoms with van der Waals surface area (Å²) in [6.45, 7) is 0. The van der Waals surface area contributed by atoms with E-state index in [9.17, 15) is 4.79 Å². The predicted octanol–water partition coefficient (Wildman–Crippen LogP) is 5.05. The molecule has 0 unspecified atom stereocenters. The zero-order chi connectivity index (χ0) is 14.7. The Hall–Kier alpha value is -1.23. The van der Waals surface area contributed by atoms with Gasteiger partial charge in [0.25, 0.3) is 5.91 Å². The maximum atomic E-state index is 12.3. The highest BCUT2D eigenvalue weighted by atomic mass is 79.9. The lowest BCUT2D eigenvalue weighted by Gasteiger charge is -2.11. The lowest BCUT2D eigenvalue weighted by atomic mass is 10.1. The smallest absolute Gasteiger partial charge is 0.257 e. The fourth-order valence-corrected chi connectivity index (χ4v) is 2.40. The minimum Gasteiger partial charge on any atom is -0.387 e. The summed E-state index contributed by atoms with van der Waals surface area (Å²) in [5.74, 6) is -0.264. The first-order valence-corrected chi connectivity index (χ1v) is 7.30. The Morgan fingerprint density at radius 1 is 1.05 bits per heavy atom. The van der Waals surface area contributed by atoms with Crippen molar-refractivity contribution in [2.45, 2.75) is 0 Å². The van der Waals surface area contributed by atoms with Crippen LogP contribution in [0.2, 0.25) is 10.0 Å². The average molecular weight is 374 g/mol. The quantitative estimate of drug-likeness (QED) is 0.790. The first kappa shape index (κ1) is 15.2. The fourth-order valence-electron chi connectivity index (χ4n) is 1.71. The van der Waals surface area contributed by atoms with Crippen LogP contribution in [0.3, 0.4) is 0 Å². The van der Waals surface area contributed by atoms with Crippen molar-refractivity contribution in [3.05, 3.63) is 56.5 Å². The number of benzene rings is 2. The molecule has 2 aromatic rings. The van der Waals surface area contributed by atoms with Crippen LogP contribution in [0.1, 0.15) is 10.4 Å². The molecule has 0 bridgehead atoms. The third kappa shape index (κ3) is 3.45. The molecular weight excluding hydrogens is 363 g/mol. The second kappa shape index (κ2) is 6.48. The van der Waals surface area contributed by atoms with Crippen LogP contribution >= 0.6 is 39.1 Å². The average Bonchev–Trinajstić information content (AvgIpc) is 2.42. The van der Waals surface area contributed by atoms with Crippen molar-refractivity contribution >= 4 is 56.4 Å². The van der Waals surface area contributed by atoms with E-state index in [1.54, 1.807) is 43.4 Å². The van der Waals surface area contributed by atoms with E-state index in [4.69, 9.17) is 23.2 Å². The predicted molar refractivity (Wildman–Crippen MR) is 88.1 cm³/mol. The van der Waals surface area contributed by atoms with Crippen LogP contribution in [-0.4, -0.2) is 13.0 Å². The van der Waals surface area contributed by atoms with Gasteiger partial charge < -0.3 is 10.6 Å². The van der Waals surface area contributed by atoms with Crippen molar-refractivity contribution in [3.63, 3.8) is 0 Å². The molecule has 2 N–H and O–H groups in total. The maximum Gasteiger partial charge on any atom is 0.257 e. The molecule has 2 rings (SSSR count). The normalized spacial score (nSPS) is 10.2. The Labute approximate surface area is 135 Å². The second-order valence-corrected chi connectivity index (χ2v) is 5.75. The van der Waals surface area contributed by atoms with E-state index < -0.39 is 0 Å². The summed E-state index contributed by atoms with van der Waals surface area (Å²) in [5, 5.41) is 6.80. The number of halogens is 3. The number of rotatable bonds is 3. The zero-order valence-electron chi connectivity index (χ0n) is 10.5. The van der Waals surface area contributed by atoms with E-state index in [-0.39, 0.29) is 5.91 Å². The van der Waals surface area contributed by atoms with E-state index in [1.165, 1.54) is 0 Å². The molecule has 0 saturated heterocycles. The molecule has 0 fully saturated rings. The zero-order valence-corrected chi connectivity index (χ0v) is 13.6. The van der Waals surface area contributed by atoms with Crippen LogP contribution in [0.4, 0.5) is 11.4 Å². The van der Waals surface area contributed by atoms with Gasteiger partial charge in [-0.3, -0.25) is 4.79 Å². The lowest BCUT2D eigenvalue weighted by Crippen LogP contribution is -2.14. The number of amides is 1. The maximum absolute atomic E-state index is 12.3. The summed E-state index contributed by atoms with van der Waals surface area (Å²) in [6.07, 6.45) is 0. The molecule has 0 aliphatic rings. The number of hydrogen-bond donors (Lipinski definition) is 2. The molecule has 2 aromatic carbocycles. The molecule has 6 heteroatoms. The molecule has 20 heavy (non-hydrogen) atoms. The molecule has 0 heterocycles. The Morgan fingerprint density at radius 3 is 2.40 bits per heavy atom. The highest BCUT2D eigenvalue weighted by Gasteiger charge is 2.13. The molecule has 3 nitrogen and oxygen atoms in total. The van der Waals surface area contributed by atoms with Gasteiger partial charge in [0.15, 0.2) is 0 Å². The van der Waals surface area contributed by atoms with Crippen LogP contribution in [0.15, 0.2) is 40.9 Å². The third-order valence-corrected chi connectivity index (χ3v) is 3.83. The van der Waals surface area contributed by atoms with Gasteiger partial charge in [-0.2, -0.15) is 0 Å². The summed E-state index contributed by atoms with van der Waals surface area (Å²) < 4.78 is 0.753. The van der Waals surface area contributed by atoms with Gasteiger partial charge in [-0.15, -0.1) is 0 Å². The van der Waals surface area contributed by atoms with Crippen molar-refractivity contribution in [2.75, 3.05) is 17.7 Å². The van der Waals surface area contributed by atoms with Gasteiger partial charge in [-0.1, -0.05) is 23.2 Å². The molecular formula is C14H11BrCl2N2O. The molecule has 0 radical (unpaired) electrons. The van der Waals surface area contributed by atoms with E-state index in [2.05, 4.69) is 26.6 Å². The van der Waals surface area contributed by atoms with Gasteiger partial charge in [0.05, 0.1) is 11.3 Å². The van der Waals surface area contributed by atoms with Crippen molar-refractivity contribution in [2.24, 2.45) is 0 Å². The molecule has 104 valence electrons. The number of anilines is 2. The summed E-state index contributed by atoms with van der Waals surface area (Å²) in [6, 6.07) is 10.3. The van der Waals surface area contributed by atoms with Gasteiger partial charge in [0.1, 0.15) is 0 Å². The van der Waals surface area contributed by atoms with Crippen LogP contribution in [-0.2, 0) is 0 Å². The molecule has 0 aromatic heterocycles.